The summed E-state index contributed by atoms with van der Waals surface area (Å²) in [6.07, 6.45) is 3.55. The highest BCUT2D eigenvalue weighted by molar-refractivity contribution is 7.91. The van der Waals surface area contributed by atoms with E-state index in [-0.39, 0.29) is 23.5 Å². The quantitative estimate of drug-likeness (QED) is 0.863. The summed E-state index contributed by atoms with van der Waals surface area (Å²) in [4.78, 5) is 11.6. The monoisotopic (exact) mass is 299 g/mol. The fraction of sp³-hybridized carbons (Fsp3) is 0.308. The average molecular weight is 300 g/mol. The van der Waals surface area contributed by atoms with Crippen molar-refractivity contribution in [3.63, 3.8) is 0 Å². The third kappa shape index (κ3) is 4.36. The lowest BCUT2D eigenvalue weighted by Crippen LogP contribution is -2.34. The number of amides is 1. The van der Waals surface area contributed by atoms with Gasteiger partial charge < -0.3 is 5.32 Å². The van der Waals surface area contributed by atoms with Gasteiger partial charge in [-0.25, -0.2) is 8.42 Å². The molecular formula is C13H14ClNO3S. The smallest absolute Gasteiger partial charge is 0.244 e. The predicted octanol–water partition coefficient (Wildman–Crippen LogP) is 1.66. The molecule has 1 saturated heterocycles. The number of carbonyl (C=O) groups is 1. The molecule has 0 saturated carbocycles. The maximum Gasteiger partial charge on any atom is 0.244 e. The minimum atomic E-state index is -2.97. The van der Waals surface area contributed by atoms with E-state index in [1.807, 2.05) is 0 Å². The zero-order valence-corrected chi connectivity index (χ0v) is 11.7. The molecule has 6 heteroatoms. The van der Waals surface area contributed by atoms with Crippen molar-refractivity contribution in [3.05, 3.63) is 40.9 Å². The summed E-state index contributed by atoms with van der Waals surface area (Å²) < 4.78 is 22.5. The van der Waals surface area contributed by atoms with Crippen molar-refractivity contribution >= 4 is 33.4 Å². The Morgan fingerprint density at radius 2 is 2.00 bits per heavy atom. The maximum atomic E-state index is 11.6. The van der Waals surface area contributed by atoms with Crippen molar-refractivity contribution < 1.29 is 13.2 Å². The van der Waals surface area contributed by atoms with E-state index in [9.17, 15) is 13.2 Å². The molecule has 1 amide bonds. The highest BCUT2D eigenvalue weighted by Crippen LogP contribution is 2.12. The summed E-state index contributed by atoms with van der Waals surface area (Å²) in [5, 5.41) is 3.32. The molecule has 0 aliphatic carbocycles. The summed E-state index contributed by atoms with van der Waals surface area (Å²) in [7, 11) is -2.97. The summed E-state index contributed by atoms with van der Waals surface area (Å²) in [6, 6.07) is 6.80. The first-order valence-corrected chi connectivity index (χ1v) is 8.09. The van der Waals surface area contributed by atoms with E-state index in [1.165, 1.54) is 6.08 Å². The molecule has 2 rings (SSSR count). The van der Waals surface area contributed by atoms with Gasteiger partial charge in [0.25, 0.3) is 0 Å². The number of hydrogen-bond acceptors (Lipinski definition) is 3. The highest BCUT2D eigenvalue weighted by atomic mass is 35.5. The number of nitrogens with one attached hydrogen (secondary N) is 1. The van der Waals surface area contributed by atoms with Crippen LogP contribution in [-0.4, -0.2) is 31.9 Å². The van der Waals surface area contributed by atoms with Crippen LogP contribution < -0.4 is 5.32 Å². The molecule has 4 nitrogen and oxygen atoms in total. The van der Waals surface area contributed by atoms with Crippen LogP contribution in [0.25, 0.3) is 6.08 Å². The SMILES string of the molecule is O=C(/C=C\c1ccc(Cl)cc1)N[C@H]1CCS(=O)(=O)C1. The van der Waals surface area contributed by atoms with Gasteiger partial charge in [0.2, 0.25) is 5.91 Å². The Morgan fingerprint density at radius 3 is 2.58 bits per heavy atom. The molecule has 1 N–H and O–H groups in total. The molecule has 1 heterocycles. The molecule has 1 aliphatic rings. The van der Waals surface area contributed by atoms with Gasteiger partial charge in [-0.3, -0.25) is 4.79 Å². The van der Waals surface area contributed by atoms with Crippen molar-refractivity contribution in [2.24, 2.45) is 0 Å². The Labute approximate surface area is 117 Å². The topological polar surface area (TPSA) is 63.2 Å². The maximum absolute atomic E-state index is 11.6. The molecule has 0 spiro atoms. The van der Waals surface area contributed by atoms with E-state index in [0.717, 1.165) is 5.56 Å². The Kier molecular flexibility index (Phi) is 4.27. The molecule has 19 heavy (non-hydrogen) atoms. The molecule has 1 atom stereocenters. The van der Waals surface area contributed by atoms with Crippen molar-refractivity contribution in [3.8, 4) is 0 Å². The van der Waals surface area contributed by atoms with Gasteiger partial charge >= 0.3 is 0 Å². The van der Waals surface area contributed by atoms with Crippen LogP contribution >= 0.6 is 11.6 Å². The second-order valence-corrected chi connectivity index (χ2v) is 7.16. The molecule has 0 unspecified atom stereocenters. The number of rotatable bonds is 3. The number of hydrogen-bond donors (Lipinski definition) is 1. The lowest BCUT2D eigenvalue weighted by Gasteiger charge is -2.07. The van der Waals surface area contributed by atoms with Crippen LogP contribution in [0.3, 0.4) is 0 Å². The second-order valence-electron chi connectivity index (χ2n) is 4.49. The van der Waals surface area contributed by atoms with Crippen molar-refractivity contribution in [2.75, 3.05) is 11.5 Å². The molecule has 0 bridgehead atoms. The summed E-state index contributed by atoms with van der Waals surface area (Å²) in [5.74, 6) is -0.0936. The molecule has 1 aromatic rings. The van der Waals surface area contributed by atoms with Crippen molar-refractivity contribution in [1.82, 2.24) is 5.32 Å². The molecule has 1 aliphatic heterocycles. The molecule has 1 aromatic carbocycles. The third-order valence-electron chi connectivity index (χ3n) is 2.88. The standard InChI is InChI=1S/C13H14ClNO3S/c14-11-4-1-10(2-5-11)3-6-13(16)15-12-7-8-19(17,18)9-12/h1-6,12H,7-9H2,(H,15,16)/b6-3-/t12-/m0/s1. The molecular weight excluding hydrogens is 286 g/mol. The van der Waals surface area contributed by atoms with Gasteiger partial charge in [-0.15, -0.1) is 0 Å². The normalized spacial score (nSPS) is 21.6. The first-order chi connectivity index (χ1) is 8.94. The molecule has 0 aromatic heterocycles. The van der Waals surface area contributed by atoms with E-state index in [0.29, 0.717) is 11.4 Å². The Morgan fingerprint density at radius 1 is 1.32 bits per heavy atom. The van der Waals surface area contributed by atoms with E-state index >= 15 is 0 Å². The Bertz CT molecular complexity index is 593. The largest absolute Gasteiger partial charge is 0.349 e. The van der Waals surface area contributed by atoms with Crippen LogP contribution in [0.2, 0.25) is 5.02 Å². The van der Waals surface area contributed by atoms with Crippen LogP contribution in [0.15, 0.2) is 30.3 Å². The van der Waals surface area contributed by atoms with E-state index in [1.54, 1.807) is 30.3 Å². The highest BCUT2D eigenvalue weighted by Gasteiger charge is 2.28. The van der Waals surface area contributed by atoms with Gasteiger partial charge in [0.1, 0.15) is 0 Å². The molecule has 102 valence electrons. The van der Waals surface area contributed by atoms with Crippen molar-refractivity contribution in [2.45, 2.75) is 12.5 Å². The third-order valence-corrected chi connectivity index (χ3v) is 4.90. The van der Waals surface area contributed by atoms with Gasteiger partial charge in [0.15, 0.2) is 9.84 Å². The van der Waals surface area contributed by atoms with E-state index in [2.05, 4.69) is 5.32 Å². The lowest BCUT2D eigenvalue weighted by molar-refractivity contribution is -0.116. The van der Waals surface area contributed by atoms with Crippen LogP contribution in [0.4, 0.5) is 0 Å². The van der Waals surface area contributed by atoms with Crippen LogP contribution in [0.1, 0.15) is 12.0 Å². The average Bonchev–Trinajstić information content (AvgIpc) is 2.68. The summed E-state index contributed by atoms with van der Waals surface area (Å²) in [5.41, 5.74) is 0.860. The van der Waals surface area contributed by atoms with Gasteiger partial charge in [0.05, 0.1) is 11.5 Å². The van der Waals surface area contributed by atoms with E-state index in [4.69, 9.17) is 11.6 Å². The van der Waals surface area contributed by atoms with Gasteiger partial charge in [0, 0.05) is 17.1 Å². The van der Waals surface area contributed by atoms with Crippen LogP contribution in [0.5, 0.6) is 0 Å². The van der Waals surface area contributed by atoms with Gasteiger partial charge in [-0.2, -0.15) is 0 Å². The zero-order chi connectivity index (χ0) is 13.9. The zero-order valence-electron chi connectivity index (χ0n) is 10.2. The minimum absolute atomic E-state index is 0.0352. The van der Waals surface area contributed by atoms with Crippen LogP contribution in [-0.2, 0) is 14.6 Å². The minimum Gasteiger partial charge on any atom is -0.349 e. The van der Waals surface area contributed by atoms with Crippen LogP contribution in [0, 0.1) is 0 Å². The fourth-order valence-electron chi connectivity index (χ4n) is 1.90. The summed E-state index contributed by atoms with van der Waals surface area (Å²) in [6.45, 7) is 0. The number of benzene rings is 1. The lowest BCUT2D eigenvalue weighted by atomic mass is 10.2. The number of halogens is 1. The first kappa shape index (κ1) is 14.1. The fourth-order valence-corrected chi connectivity index (χ4v) is 3.70. The molecule has 1 fully saturated rings. The van der Waals surface area contributed by atoms with Gasteiger partial charge in [-0.1, -0.05) is 23.7 Å². The summed E-state index contributed by atoms with van der Waals surface area (Å²) >= 11 is 5.75. The Hall–Kier alpha value is -1.33. The number of sulfone groups is 1. The Balaban J connectivity index is 1.89. The van der Waals surface area contributed by atoms with Crippen molar-refractivity contribution in [1.29, 1.82) is 0 Å². The van der Waals surface area contributed by atoms with E-state index < -0.39 is 9.84 Å². The second kappa shape index (κ2) is 5.75. The molecule has 0 radical (unpaired) electrons. The van der Waals surface area contributed by atoms with Gasteiger partial charge in [-0.05, 0) is 30.2 Å². The number of carbonyl (C=O) groups excluding carboxylic acids is 1. The predicted molar refractivity (Wildman–Crippen MR) is 75.7 cm³/mol. The first-order valence-electron chi connectivity index (χ1n) is 5.89.